The van der Waals surface area contributed by atoms with Gasteiger partial charge in [-0.3, -0.25) is 0 Å². The molecule has 0 aliphatic heterocycles. The van der Waals surface area contributed by atoms with E-state index in [4.69, 9.17) is 4.74 Å². The number of aromatic nitrogens is 1. The summed E-state index contributed by atoms with van der Waals surface area (Å²) >= 11 is 3.19. The zero-order chi connectivity index (χ0) is 24.2. The van der Waals surface area contributed by atoms with E-state index < -0.39 is 18.1 Å². The molecule has 33 heavy (non-hydrogen) atoms. The van der Waals surface area contributed by atoms with Gasteiger partial charge >= 0.3 is 12.4 Å². The van der Waals surface area contributed by atoms with Crippen molar-refractivity contribution in [3.05, 3.63) is 70.8 Å². The first-order valence-electron chi connectivity index (χ1n) is 9.78. The van der Waals surface area contributed by atoms with Gasteiger partial charge < -0.3 is 20.1 Å². The zero-order valence-electron chi connectivity index (χ0n) is 18.0. The number of pyridine rings is 1. The Morgan fingerprint density at radius 2 is 1.55 bits per heavy atom. The van der Waals surface area contributed by atoms with Gasteiger partial charge in [-0.1, -0.05) is 45.0 Å². The van der Waals surface area contributed by atoms with Crippen LogP contribution in [0.4, 0.5) is 29.3 Å². The van der Waals surface area contributed by atoms with Gasteiger partial charge in [0.05, 0.1) is 0 Å². The predicted molar refractivity (Wildman–Crippen MR) is 123 cm³/mol. The number of alkyl halides is 3. The molecule has 0 bridgehead atoms. The molecule has 0 saturated heterocycles. The Balaban J connectivity index is 1.77. The fourth-order valence-electron chi connectivity index (χ4n) is 2.78. The van der Waals surface area contributed by atoms with E-state index in [1.54, 1.807) is 18.2 Å². The average molecular weight is 524 g/mol. The molecule has 0 saturated carbocycles. The van der Waals surface area contributed by atoms with Crippen LogP contribution in [0.2, 0.25) is 0 Å². The molecule has 0 radical (unpaired) electrons. The van der Waals surface area contributed by atoms with Crippen LogP contribution >= 0.6 is 15.9 Å². The normalized spacial score (nSPS) is 11.6. The number of amides is 2. The van der Waals surface area contributed by atoms with Crippen molar-refractivity contribution >= 4 is 33.3 Å². The second kappa shape index (κ2) is 9.70. The molecular weight excluding hydrogens is 503 g/mol. The van der Waals surface area contributed by atoms with Gasteiger partial charge in [-0.2, -0.15) is 0 Å². The fraction of sp³-hybridized carbons (Fsp3) is 0.217. The third kappa shape index (κ3) is 7.11. The summed E-state index contributed by atoms with van der Waals surface area (Å²) in [6.07, 6.45) is -4.90. The summed E-state index contributed by atoms with van der Waals surface area (Å²) in [5, 5.41) is 5.30. The number of para-hydroxylation sites is 2. The van der Waals surface area contributed by atoms with Crippen molar-refractivity contribution in [2.24, 2.45) is 0 Å². The van der Waals surface area contributed by atoms with Crippen molar-refractivity contribution in [2.45, 2.75) is 32.5 Å². The number of nitrogens with one attached hydrogen (secondary N) is 2. The zero-order valence-corrected chi connectivity index (χ0v) is 19.5. The van der Waals surface area contributed by atoms with Crippen molar-refractivity contribution in [3.63, 3.8) is 0 Å². The monoisotopic (exact) mass is 523 g/mol. The third-order valence-electron chi connectivity index (χ3n) is 4.36. The average Bonchev–Trinajstić information content (AvgIpc) is 2.70. The van der Waals surface area contributed by atoms with Crippen LogP contribution in [0.1, 0.15) is 26.3 Å². The number of hydrogen-bond donors (Lipinski definition) is 2. The molecule has 0 unspecified atom stereocenters. The lowest BCUT2D eigenvalue weighted by atomic mass is 9.87. The van der Waals surface area contributed by atoms with Crippen LogP contribution in [0.15, 0.2) is 65.3 Å². The first-order chi connectivity index (χ1) is 15.4. The molecule has 10 heteroatoms. The quantitative estimate of drug-likeness (QED) is 0.340. The minimum atomic E-state index is -4.90. The number of carbonyl (C=O) groups excluding carboxylic acids is 1. The van der Waals surface area contributed by atoms with Gasteiger partial charge in [0.2, 0.25) is 5.88 Å². The second-order valence-electron chi connectivity index (χ2n) is 7.99. The molecule has 0 aliphatic rings. The summed E-state index contributed by atoms with van der Waals surface area (Å²) in [5.74, 6) is -0.886. The molecule has 3 rings (SSSR count). The number of anilines is 2. The van der Waals surface area contributed by atoms with Crippen LogP contribution in [0.5, 0.6) is 17.4 Å². The van der Waals surface area contributed by atoms with Gasteiger partial charge in [-0.25, -0.2) is 9.78 Å². The van der Waals surface area contributed by atoms with E-state index in [0.717, 1.165) is 11.6 Å². The number of urea groups is 1. The highest BCUT2D eigenvalue weighted by Gasteiger charge is 2.32. The summed E-state index contributed by atoms with van der Waals surface area (Å²) in [4.78, 5) is 16.6. The SMILES string of the molecule is CC(C)(C)c1ccc(NC(=O)Nc2ccc(Br)nc2Oc2ccccc2OC(F)(F)F)cc1. The maximum atomic E-state index is 12.7. The number of hydrogen-bond acceptors (Lipinski definition) is 4. The minimum Gasteiger partial charge on any atom is -0.433 e. The maximum Gasteiger partial charge on any atom is 0.573 e. The van der Waals surface area contributed by atoms with E-state index in [1.807, 2.05) is 12.1 Å². The van der Waals surface area contributed by atoms with E-state index in [0.29, 0.717) is 10.3 Å². The van der Waals surface area contributed by atoms with Gasteiger partial charge in [-0.15, -0.1) is 13.2 Å². The van der Waals surface area contributed by atoms with E-state index in [1.165, 1.54) is 24.3 Å². The number of benzene rings is 2. The van der Waals surface area contributed by atoms with Crippen molar-refractivity contribution < 1.29 is 27.4 Å². The number of ether oxygens (including phenoxy) is 2. The molecule has 0 fully saturated rings. The largest absolute Gasteiger partial charge is 0.573 e. The van der Waals surface area contributed by atoms with E-state index >= 15 is 0 Å². The number of nitrogens with zero attached hydrogens (tertiary/aromatic N) is 1. The van der Waals surface area contributed by atoms with Crippen molar-refractivity contribution in [1.82, 2.24) is 4.98 Å². The smallest absolute Gasteiger partial charge is 0.433 e. The second-order valence-corrected chi connectivity index (χ2v) is 8.80. The van der Waals surface area contributed by atoms with Crippen LogP contribution in [-0.4, -0.2) is 17.4 Å². The Morgan fingerprint density at radius 1 is 0.909 bits per heavy atom. The van der Waals surface area contributed by atoms with Crippen molar-refractivity contribution in [3.8, 4) is 17.4 Å². The van der Waals surface area contributed by atoms with Crippen LogP contribution in [0.3, 0.4) is 0 Å². The number of rotatable bonds is 5. The Bertz CT molecular complexity index is 1130. The predicted octanol–water partition coefficient (Wildman–Crippen LogP) is 7.48. The number of carbonyl (C=O) groups is 1. The third-order valence-corrected chi connectivity index (χ3v) is 4.81. The number of halogens is 4. The molecule has 2 amide bonds. The highest BCUT2D eigenvalue weighted by Crippen LogP contribution is 2.37. The molecule has 2 aromatic carbocycles. The minimum absolute atomic E-state index is 0.0256. The Hall–Kier alpha value is -3.27. The van der Waals surface area contributed by atoms with Crippen LogP contribution in [-0.2, 0) is 5.41 Å². The lowest BCUT2D eigenvalue weighted by Crippen LogP contribution is -2.20. The van der Waals surface area contributed by atoms with Gasteiger partial charge in [0.1, 0.15) is 10.3 Å². The molecule has 3 aromatic rings. The van der Waals surface area contributed by atoms with Crippen molar-refractivity contribution in [2.75, 3.05) is 10.6 Å². The molecule has 2 N–H and O–H groups in total. The summed E-state index contributed by atoms with van der Waals surface area (Å²) in [7, 11) is 0. The molecule has 174 valence electrons. The van der Waals surface area contributed by atoms with E-state index in [-0.39, 0.29) is 22.7 Å². The topological polar surface area (TPSA) is 72.5 Å². The highest BCUT2D eigenvalue weighted by molar-refractivity contribution is 9.10. The standard InChI is InChI=1S/C23H21BrF3N3O3/c1-22(2,3)14-8-10-15(11-9-14)28-21(31)29-16-12-13-19(24)30-20(16)32-17-6-4-5-7-18(17)33-23(25,26)27/h4-13H,1-3H3,(H2,28,29,31). The molecule has 1 heterocycles. The van der Waals surface area contributed by atoms with Gasteiger partial charge in [0.15, 0.2) is 11.5 Å². The molecule has 1 aromatic heterocycles. The van der Waals surface area contributed by atoms with Crippen LogP contribution in [0, 0.1) is 0 Å². The first-order valence-corrected chi connectivity index (χ1v) is 10.6. The van der Waals surface area contributed by atoms with Crippen LogP contribution < -0.4 is 20.1 Å². The molecule has 0 aliphatic carbocycles. The lowest BCUT2D eigenvalue weighted by molar-refractivity contribution is -0.275. The summed E-state index contributed by atoms with van der Waals surface area (Å²) in [6, 6.07) is 15.1. The highest BCUT2D eigenvalue weighted by atomic mass is 79.9. The molecule has 0 atom stereocenters. The van der Waals surface area contributed by atoms with E-state index in [9.17, 15) is 18.0 Å². The summed E-state index contributed by atoms with van der Waals surface area (Å²) in [6.45, 7) is 6.26. The summed E-state index contributed by atoms with van der Waals surface area (Å²) in [5.41, 5.74) is 1.80. The molecule has 6 nitrogen and oxygen atoms in total. The Labute approximate surface area is 197 Å². The Kier molecular flexibility index (Phi) is 7.16. The lowest BCUT2D eigenvalue weighted by Gasteiger charge is -2.19. The van der Waals surface area contributed by atoms with Gasteiger partial charge in [0.25, 0.3) is 0 Å². The summed E-state index contributed by atoms with van der Waals surface area (Å²) < 4.78 is 48.0. The van der Waals surface area contributed by atoms with Crippen LogP contribution in [0.25, 0.3) is 0 Å². The van der Waals surface area contributed by atoms with Gasteiger partial charge in [-0.05, 0) is 63.3 Å². The van der Waals surface area contributed by atoms with Gasteiger partial charge in [0, 0.05) is 5.69 Å². The first kappa shape index (κ1) is 24.4. The van der Waals surface area contributed by atoms with E-state index in [2.05, 4.69) is 57.1 Å². The fourth-order valence-corrected chi connectivity index (χ4v) is 3.07. The molecular formula is C23H21BrF3N3O3. The Morgan fingerprint density at radius 3 is 2.15 bits per heavy atom. The maximum absolute atomic E-state index is 12.7. The van der Waals surface area contributed by atoms with Crippen molar-refractivity contribution in [1.29, 1.82) is 0 Å². The molecule has 0 spiro atoms.